The predicted molar refractivity (Wildman–Crippen MR) is 126 cm³/mol. The second-order valence-corrected chi connectivity index (χ2v) is 8.37. The third-order valence-electron chi connectivity index (χ3n) is 6.58. The number of ether oxygens (including phenoxy) is 3. The van der Waals surface area contributed by atoms with E-state index in [0.29, 0.717) is 12.7 Å². The highest BCUT2D eigenvalue weighted by Gasteiger charge is 2.36. The van der Waals surface area contributed by atoms with Crippen molar-refractivity contribution in [2.75, 3.05) is 47.2 Å². The number of hydrogen-bond acceptors (Lipinski definition) is 4. The molecule has 2 aliphatic heterocycles. The van der Waals surface area contributed by atoms with Gasteiger partial charge in [-0.3, -0.25) is 4.99 Å². The lowest BCUT2D eigenvalue weighted by Crippen LogP contribution is -2.47. The maximum atomic E-state index is 5.65. The lowest BCUT2D eigenvalue weighted by atomic mass is 9.69. The van der Waals surface area contributed by atoms with E-state index in [1.165, 1.54) is 44.1 Å². The Morgan fingerprint density at radius 3 is 2.79 bits per heavy atom. The Bertz CT molecular complexity index is 707. The van der Waals surface area contributed by atoms with Crippen molar-refractivity contribution >= 4 is 29.9 Å². The van der Waals surface area contributed by atoms with Crippen LogP contribution < -0.4 is 14.8 Å². The van der Waals surface area contributed by atoms with E-state index in [-0.39, 0.29) is 29.4 Å². The molecular formula is C22H34IN3O3. The molecule has 3 aliphatic rings. The number of benzene rings is 1. The summed E-state index contributed by atoms with van der Waals surface area (Å²) in [6.07, 6.45) is 7.43. The summed E-state index contributed by atoms with van der Waals surface area (Å²) in [6.45, 7) is 4.13. The van der Waals surface area contributed by atoms with Crippen LogP contribution in [0.3, 0.4) is 0 Å². The van der Waals surface area contributed by atoms with Crippen LogP contribution in [-0.4, -0.2) is 58.1 Å². The molecule has 0 radical (unpaired) electrons. The van der Waals surface area contributed by atoms with Crippen molar-refractivity contribution in [3.63, 3.8) is 0 Å². The van der Waals surface area contributed by atoms with E-state index in [1.54, 1.807) is 7.11 Å². The minimum absolute atomic E-state index is 0. The predicted octanol–water partition coefficient (Wildman–Crippen LogP) is 3.78. The van der Waals surface area contributed by atoms with Gasteiger partial charge in [0.05, 0.1) is 6.61 Å². The Labute approximate surface area is 191 Å². The van der Waals surface area contributed by atoms with Gasteiger partial charge in [-0.15, -0.1) is 24.0 Å². The van der Waals surface area contributed by atoms with Gasteiger partial charge in [-0.25, -0.2) is 0 Å². The van der Waals surface area contributed by atoms with Crippen LogP contribution >= 0.6 is 24.0 Å². The van der Waals surface area contributed by atoms with Crippen molar-refractivity contribution in [1.29, 1.82) is 0 Å². The first-order chi connectivity index (χ1) is 13.7. The van der Waals surface area contributed by atoms with Crippen LogP contribution in [0.25, 0.3) is 0 Å². The summed E-state index contributed by atoms with van der Waals surface area (Å²) in [7, 11) is 3.67. The number of fused-ring (bicyclic) bond motifs is 1. The summed E-state index contributed by atoms with van der Waals surface area (Å²) in [6, 6.07) is 6.50. The van der Waals surface area contributed by atoms with Crippen molar-refractivity contribution in [3.05, 3.63) is 23.8 Å². The minimum Gasteiger partial charge on any atom is -0.454 e. The summed E-state index contributed by atoms with van der Waals surface area (Å²) in [5.74, 6) is 3.36. The van der Waals surface area contributed by atoms with Crippen molar-refractivity contribution in [2.24, 2.45) is 10.9 Å². The van der Waals surface area contributed by atoms with Crippen molar-refractivity contribution in [2.45, 2.75) is 43.9 Å². The van der Waals surface area contributed by atoms with Gasteiger partial charge in [0, 0.05) is 45.1 Å². The van der Waals surface area contributed by atoms with Gasteiger partial charge in [0.1, 0.15) is 0 Å². The average molecular weight is 515 g/mol. The second-order valence-electron chi connectivity index (χ2n) is 8.37. The van der Waals surface area contributed by atoms with E-state index < -0.39 is 0 Å². The number of rotatable bonds is 5. The molecule has 6 nitrogen and oxygen atoms in total. The van der Waals surface area contributed by atoms with E-state index >= 15 is 0 Å². The van der Waals surface area contributed by atoms with Crippen molar-refractivity contribution in [3.8, 4) is 11.5 Å². The molecule has 162 valence electrons. The van der Waals surface area contributed by atoms with E-state index in [0.717, 1.165) is 43.7 Å². The van der Waals surface area contributed by atoms with Gasteiger partial charge in [-0.2, -0.15) is 0 Å². The molecule has 2 heterocycles. The number of hydrogen-bond donors (Lipinski definition) is 1. The molecule has 1 aromatic carbocycles. The molecule has 1 atom stereocenters. The van der Waals surface area contributed by atoms with Crippen LogP contribution in [-0.2, 0) is 10.2 Å². The highest BCUT2D eigenvalue weighted by molar-refractivity contribution is 14.0. The Balaban J connectivity index is 0.00000240. The van der Waals surface area contributed by atoms with Crippen LogP contribution in [0.1, 0.15) is 44.1 Å². The van der Waals surface area contributed by atoms with E-state index in [1.807, 2.05) is 7.05 Å². The Morgan fingerprint density at radius 1 is 1.24 bits per heavy atom. The van der Waals surface area contributed by atoms with Gasteiger partial charge in [-0.05, 0) is 37.0 Å². The molecule has 1 aromatic rings. The van der Waals surface area contributed by atoms with Gasteiger partial charge < -0.3 is 24.4 Å². The fraction of sp³-hybridized carbons (Fsp3) is 0.682. The Morgan fingerprint density at radius 2 is 2.03 bits per heavy atom. The highest BCUT2D eigenvalue weighted by atomic mass is 127. The van der Waals surface area contributed by atoms with Crippen molar-refractivity contribution < 1.29 is 14.2 Å². The summed E-state index contributed by atoms with van der Waals surface area (Å²) in [5, 5.41) is 3.71. The minimum atomic E-state index is 0. The molecule has 0 amide bonds. The molecule has 4 rings (SSSR count). The fourth-order valence-electron chi connectivity index (χ4n) is 5.00. The number of nitrogens with zero attached hydrogens (tertiary/aromatic N) is 2. The monoisotopic (exact) mass is 515 g/mol. The standard InChI is InChI=1S/C22H33N3O3.HI/c1-23-21(25-11-8-17(13-25)14-26-2)24-15-22(9-4-3-5-10-22)18-6-7-19-20(12-18)28-16-27-19;/h6-7,12,17H,3-5,8-11,13-16H2,1-2H3,(H,23,24);1H. The van der Waals surface area contributed by atoms with Crippen LogP contribution in [0.4, 0.5) is 0 Å². The molecule has 1 unspecified atom stereocenters. The Kier molecular flexibility index (Phi) is 7.90. The average Bonchev–Trinajstić information content (AvgIpc) is 3.38. The zero-order valence-corrected chi connectivity index (χ0v) is 19.9. The second kappa shape index (κ2) is 10.2. The van der Waals surface area contributed by atoms with Crippen LogP contribution in [0.5, 0.6) is 11.5 Å². The third-order valence-corrected chi connectivity index (χ3v) is 6.58. The number of methoxy groups -OCH3 is 1. The van der Waals surface area contributed by atoms with Gasteiger partial charge in [0.15, 0.2) is 17.5 Å². The molecule has 0 bridgehead atoms. The summed E-state index contributed by atoms with van der Waals surface area (Å²) in [5.41, 5.74) is 1.49. The Hall–Kier alpha value is -1.22. The highest BCUT2D eigenvalue weighted by Crippen LogP contribution is 2.43. The lowest BCUT2D eigenvalue weighted by molar-refractivity contribution is 0.157. The van der Waals surface area contributed by atoms with E-state index in [2.05, 4.69) is 33.4 Å². The maximum Gasteiger partial charge on any atom is 0.231 e. The third kappa shape index (κ3) is 4.93. The van der Waals surface area contributed by atoms with E-state index in [4.69, 9.17) is 14.2 Å². The zero-order chi connectivity index (χ0) is 19.4. The van der Waals surface area contributed by atoms with Crippen molar-refractivity contribution in [1.82, 2.24) is 10.2 Å². The largest absolute Gasteiger partial charge is 0.454 e. The van der Waals surface area contributed by atoms with Gasteiger partial charge in [0.25, 0.3) is 0 Å². The lowest BCUT2D eigenvalue weighted by Gasteiger charge is -2.39. The van der Waals surface area contributed by atoms with Gasteiger partial charge in [0.2, 0.25) is 6.79 Å². The molecule has 1 saturated heterocycles. The summed E-state index contributed by atoms with van der Waals surface area (Å²) < 4.78 is 16.5. The smallest absolute Gasteiger partial charge is 0.231 e. The molecule has 7 heteroatoms. The van der Waals surface area contributed by atoms with Crippen LogP contribution in [0.2, 0.25) is 0 Å². The summed E-state index contributed by atoms with van der Waals surface area (Å²) >= 11 is 0. The van der Waals surface area contributed by atoms with E-state index in [9.17, 15) is 0 Å². The number of halogens is 1. The molecule has 1 aliphatic carbocycles. The number of guanidine groups is 1. The number of aliphatic imine (C=N–C) groups is 1. The SMILES string of the molecule is CN=C(NCC1(c2ccc3c(c2)OCO3)CCCCC1)N1CCC(COC)C1.I. The molecular weight excluding hydrogens is 481 g/mol. The van der Waals surface area contributed by atoms with Gasteiger partial charge >= 0.3 is 0 Å². The molecule has 1 N–H and O–H groups in total. The molecule has 0 aromatic heterocycles. The first kappa shape index (κ1) is 22.5. The number of nitrogens with one attached hydrogen (secondary N) is 1. The molecule has 0 spiro atoms. The van der Waals surface area contributed by atoms with Crippen LogP contribution in [0.15, 0.2) is 23.2 Å². The number of likely N-dealkylation sites (tertiary alicyclic amines) is 1. The first-order valence-corrected chi connectivity index (χ1v) is 10.6. The zero-order valence-electron chi connectivity index (χ0n) is 17.6. The topological polar surface area (TPSA) is 55.3 Å². The molecule has 29 heavy (non-hydrogen) atoms. The maximum absolute atomic E-state index is 5.65. The summed E-state index contributed by atoms with van der Waals surface area (Å²) in [4.78, 5) is 6.95. The normalized spacial score (nSPS) is 23.0. The quantitative estimate of drug-likeness (QED) is 0.368. The van der Waals surface area contributed by atoms with Crippen LogP contribution in [0, 0.1) is 5.92 Å². The first-order valence-electron chi connectivity index (χ1n) is 10.6. The molecule has 2 fully saturated rings. The fourth-order valence-corrected chi connectivity index (χ4v) is 5.00. The van der Waals surface area contributed by atoms with Gasteiger partial charge in [-0.1, -0.05) is 25.3 Å². The molecule has 1 saturated carbocycles.